The highest BCUT2D eigenvalue weighted by molar-refractivity contribution is 5.67. The van der Waals surface area contributed by atoms with Gasteiger partial charge in [-0.1, -0.05) is 25.1 Å². The van der Waals surface area contributed by atoms with Crippen molar-refractivity contribution in [2.45, 2.75) is 32.9 Å². The molecule has 5 heteroatoms. The van der Waals surface area contributed by atoms with Gasteiger partial charge in [0.25, 0.3) is 0 Å². The van der Waals surface area contributed by atoms with Crippen LogP contribution in [0.4, 0.5) is 0 Å². The highest BCUT2D eigenvalue weighted by Crippen LogP contribution is 2.19. The maximum Gasteiger partial charge on any atom is 0.304 e. The largest absolute Gasteiger partial charge is 0.481 e. The van der Waals surface area contributed by atoms with Crippen molar-refractivity contribution in [3.63, 3.8) is 0 Å². The summed E-state index contributed by atoms with van der Waals surface area (Å²) >= 11 is 0. The van der Waals surface area contributed by atoms with Crippen LogP contribution in [0.15, 0.2) is 41.0 Å². The van der Waals surface area contributed by atoms with Crippen molar-refractivity contribution >= 4 is 5.97 Å². The summed E-state index contributed by atoms with van der Waals surface area (Å²) in [6.07, 6.45) is 1.76. The minimum Gasteiger partial charge on any atom is -0.481 e. The Morgan fingerprint density at radius 2 is 2.10 bits per heavy atom. The monoisotopic (exact) mass is 288 g/mol. The van der Waals surface area contributed by atoms with E-state index in [1.54, 1.807) is 6.26 Å². The summed E-state index contributed by atoms with van der Waals surface area (Å²) < 4.78 is 5.50. The Balaban J connectivity index is 2.05. The van der Waals surface area contributed by atoms with Crippen LogP contribution < -0.4 is 0 Å². The number of aromatic nitrogens is 1. The van der Waals surface area contributed by atoms with Gasteiger partial charge in [0.15, 0.2) is 0 Å². The number of rotatable bonds is 7. The normalized spacial score (nSPS) is 12.5. The fraction of sp³-hybridized carbons (Fsp3) is 0.375. The van der Waals surface area contributed by atoms with Gasteiger partial charge in [-0.25, -0.2) is 4.98 Å². The Morgan fingerprint density at radius 3 is 2.71 bits per heavy atom. The van der Waals surface area contributed by atoms with Crippen molar-refractivity contribution in [1.82, 2.24) is 9.88 Å². The summed E-state index contributed by atoms with van der Waals surface area (Å²) in [4.78, 5) is 17.4. The van der Waals surface area contributed by atoms with Gasteiger partial charge in [0, 0.05) is 18.2 Å². The van der Waals surface area contributed by atoms with Gasteiger partial charge in [0.05, 0.1) is 12.1 Å². The van der Waals surface area contributed by atoms with Crippen molar-refractivity contribution in [2.75, 3.05) is 6.54 Å². The maximum absolute atomic E-state index is 10.8. The van der Waals surface area contributed by atoms with Crippen LogP contribution in [0, 0.1) is 0 Å². The Bertz CT molecular complexity index is 580. The molecule has 0 saturated carbocycles. The lowest BCUT2D eigenvalue weighted by molar-refractivity contribution is -0.138. The second-order valence-corrected chi connectivity index (χ2v) is 5.02. The van der Waals surface area contributed by atoms with E-state index in [2.05, 4.69) is 9.88 Å². The van der Waals surface area contributed by atoms with Crippen LogP contribution >= 0.6 is 0 Å². The van der Waals surface area contributed by atoms with Crippen molar-refractivity contribution in [2.24, 2.45) is 0 Å². The van der Waals surface area contributed by atoms with E-state index >= 15 is 0 Å². The number of benzene rings is 1. The van der Waals surface area contributed by atoms with Gasteiger partial charge in [-0.15, -0.1) is 0 Å². The summed E-state index contributed by atoms with van der Waals surface area (Å²) in [5.41, 5.74) is 1.75. The molecule has 0 aliphatic rings. The van der Waals surface area contributed by atoms with Gasteiger partial charge in [0.1, 0.15) is 6.26 Å². The number of hydrogen-bond acceptors (Lipinski definition) is 4. The first kappa shape index (κ1) is 15.3. The number of aliphatic carboxylic acids is 1. The van der Waals surface area contributed by atoms with E-state index in [0.717, 1.165) is 17.8 Å². The quantitative estimate of drug-likeness (QED) is 0.848. The molecule has 21 heavy (non-hydrogen) atoms. The van der Waals surface area contributed by atoms with Gasteiger partial charge in [-0.2, -0.15) is 0 Å². The van der Waals surface area contributed by atoms with Crippen LogP contribution in [0.25, 0.3) is 11.5 Å². The highest BCUT2D eigenvalue weighted by Gasteiger charge is 2.17. The fourth-order valence-electron chi connectivity index (χ4n) is 2.26. The van der Waals surface area contributed by atoms with E-state index in [1.165, 1.54) is 0 Å². The van der Waals surface area contributed by atoms with Crippen LogP contribution in [-0.4, -0.2) is 33.5 Å². The molecule has 1 aromatic carbocycles. The van der Waals surface area contributed by atoms with Crippen molar-refractivity contribution in [3.8, 4) is 11.5 Å². The molecule has 0 spiro atoms. The summed E-state index contributed by atoms with van der Waals surface area (Å²) in [7, 11) is 0. The first-order chi connectivity index (χ1) is 10.1. The second-order valence-electron chi connectivity index (χ2n) is 5.02. The van der Waals surface area contributed by atoms with E-state index in [9.17, 15) is 4.79 Å². The van der Waals surface area contributed by atoms with Crippen LogP contribution in [0.5, 0.6) is 0 Å². The maximum atomic E-state index is 10.8. The van der Waals surface area contributed by atoms with E-state index < -0.39 is 5.97 Å². The van der Waals surface area contributed by atoms with E-state index in [1.807, 2.05) is 44.2 Å². The Hall–Kier alpha value is -2.14. The van der Waals surface area contributed by atoms with E-state index in [-0.39, 0.29) is 12.5 Å². The van der Waals surface area contributed by atoms with E-state index in [0.29, 0.717) is 12.4 Å². The average molecular weight is 288 g/mol. The summed E-state index contributed by atoms with van der Waals surface area (Å²) in [6, 6.07) is 9.67. The smallest absolute Gasteiger partial charge is 0.304 e. The minimum absolute atomic E-state index is 0.0376. The van der Waals surface area contributed by atoms with Crippen LogP contribution in [-0.2, 0) is 11.3 Å². The molecule has 1 heterocycles. The third-order valence-corrected chi connectivity index (χ3v) is 3.44. The van der Waals surface area contributed by atoms with Gasteiger partial charge >= 0.3 is 5.97 Å². The zero-order valence-electron chi connectivity index (χ0n) is 12.3. The molecular weight excluding hydrogens is 268 g/mol. The predicted molar refractivity (Wildman–Crippen MR) is 79.7 cm³/mol. The molecule has 1 unspecified atom stereocenters. The predicted octanol–water partition coefficient (Wildman–Crippen LogP) is 3.03. The van der Waals surface area contributed by atoms with Crippen molar-refractivity contribution in [3.05, 3.63) is 42.3 Å². The Kier molecular flexibility index (Phi) is 5.11. The highest BCUT2D eigenvalue weighted by atomic mass is 16.4. The molecule has 0 radical (unpaired) electrons. The van der Waals surface area contributed by atoms with Crippen LogP contribution in [0.3, 0.4) is 0 Å². The molecule has 0 amide bonds. The third-order valence-electron chi connectivity index (χ3n) is 3.44. The van der Waals surface area contributed by atoms with Gasteiger partial charge < -0.3 is 9.52 Å². The fourth-order valence-corrected chi connectivity index (χ4v) is 2.26. The number of hydrogen-bond donors (Lipinski definition) is 1. The van der Waals surface area contributed by atoms with Gasteiger partial charge in [-0.05, 0) is 25.6 Å². The molecular formula is C16H20N2O3. The summed E-state index contributed by atoms with van der Waals surface area (Å²) in [5.74, 6) is -0.196. The average Bonchev–Trinajstić information content (AvgIpc) is 2.93. The lowest BCUT2D eigenvalue weighted by atomic mass is 10.2. The van der Waals surface area contributed by atoms with Crippen molar-refractivity contribution < 1.29 is 14.3 Å². The topological polar surface area (TPSA) is 66.6 Å². The van der Waals surface area contributed by atoms with E-state index in [4.69, 9.17) is 9.52 Å². The number of nitrogens with zero attached hydrogens (tertiary/aromatic N) is 2. The standard InChI is InChI=1S/C16H20N2O3/c1-3-18(12(2)9-15(19)20)10-14-11-21-16(17-14)13-7-5-4-6-8-13/h4-8,11-12H,3,9-10H2,1-2H3,(H,19,20). The van der Waals surface area contributed by atoms with Gasteiger partial charge in [0.2, 0.25) is 5.89 Å². The number of oxazole rings is 1. The number of carbonyl (C=O) groups is 1. The molecule has 0 aliphatic heterocycles. The van der Waals surface area contributed by atoms with Crippen LogP contribution in [0.2, 0.25) is 0 Å². The molecule has 1 atom stereocenters. The molecule has 1 N–H and O–H groups in total. The second kappa shape index (κ2) is 7.04. The zero-order chi connectivity index (χ0) is 15.2. The molecule has 112 valence electrons. The van der Waals surface area contributed by atoms with Gasteiger partial charge in [-0.3, -0.25) is 9.69 Å². The first-order valence-corrected chi connectivity index (χ1v) is 7.05. The molecule has 2 rings (SSSR count). The minimum atomic E-state index is -0.786. The van der Waals surface area contributed by atoms with Crippen LogP contribution in [0.1, 0.15) is 26.0 Å². The molecule has 5 nitrogen and oxygen atoms in total. The summed E-state index contributed by atoms with van der Waals surface area (Å²) in [6.45, 7) is 5.27. The molecule has 0 saturated heterocycles. The molecule has 2 aromatic rings. The number of carboxylic acids is 1. The van der Waals surface area contributed by atoms with Crippen molar-refractivity contribution in [1.29, 1.82) is 0 Å². The molecule has 1 aromatic heterocycles. The lowest BCUT2D eigenvalue weighted by Crippen LogP contribution is -2.34. The number of carboxylic acid groups (broad SMARTS) is 1. The molecule has 0 aliphatic carbocycles. The first-order valence-electron chi connectivity index (χ1n) is 7.05. The Morgan fingerprint density at radius 1 is 1.38 bits per heavy atom. The summed E-state index contributed by atoms with van der Waals surface area (Å²) in [5, 5.41) is 8.89. The lowest BCUT2D eigenvalue weighted by Gasteiger charge is -2.25. The molecule has 0 bridgehead atoms. The molecule has 0 fully saturated rings. The zero-order valence-corrected chi connectivity index (χ0v) is 12.3. The SMILES string of the molecule is CCN(Cc1coc(-c2ccccc2)n1)C(C)CC(=O)O. The third kappa shape index (κ3) is 4.16. The Labute approximate surface area is 124 Å².